The molecule has 0 spiro atoms. The summed E-state index contributed by atoms with van der Waals surface area (Å²) in [6.45, 7) is 0.420. The third-order valence-corrected chi connectivity index (χ3v) is 4.99. The average molecular weight is 358 g/mol. The van der Waals surface area contributed by atoms with Gasteiger partial charge in [-0.25, -0.2) is 5.10 Å². The van der Waals surface area contributed by atoms with E-state index in [0.717, 1.165) is 6.42 Å². The quantitative estimate of drug-likeness (QED) is 0.575. The Morgan fingerprint density at radius 1 is 1.23 bits per heavy atom. The monoisotopic (exact) mass is 358 g/mol. The van der Waals surface area contributed by atoms with Gasteiger partial charge in [-0.3, -0.25) is 9.59 Å². The molecule has 1 saturated carbocycles. The number of anilines is 1. The molecule has 1 unspecified atom stereocenters. The van der Waals surface area contributed by atoms with Crippen LogP contribution in [0.5, 0.6) is 0 Å². The van der Waals surface area contributed by atoms with Crippen LogP contribution in [0.1, 0.15) is 38.5 Å². The number of rotatable bonds is 8. The van der Waals surface area contributed by atoms with E-state index in [1.807, 2.05) is 6.07 Å². The Kier molecular flexibility index (Phi) is 6.22. The molecule has 0 radical (unpaired) electrons. The first kappa shape index (κ1) is 18.4. The molecule has 140 valence electrons. The predicted molar refractivity (Wildman–Crippen MR) is 101 cm³/mol. The molecule has 0 saturated heterocycles. The maximum atomic E-state index is 11.9. The molecule has 1 aromatic heterocycles. The molecular weight excluding hydrogens is 332 g/mol. The molecule has 0 bridgehead atoms. The maximum absolute atomic E-state index is 11.9. The van der Waals surface area contributed by atoms with Crippen molar-refractivity contribution in [1.29, 1.82) is 0 Å². The topological polar surface area (TPSA) is 107 Å². The number of H-pyrrole nitrogens is 1. The van der Waals surface area contributed by atoms with Gasteiger partial charge in [-0.2, -0.15) is 5.10 Å². The number of aliphatic hydroxyl groups is 1. The van der Waals surface area contributed by atoms with Gasteiger partial charge in [-0.15, -0.1) is 0 Å². The average Bonchev–Trinajstić information content (AvgIpc) is 3.18. The lowest BCUT2D eigenvalue weighted by atomic mass is 10.0. The third kappa shape index (κ3) is 4.82. The minimum absolute atomic E-state index is 0.0106. The molecule has 1 heterocycles. The third-order valence-electron chi connectivity index (χ3n) is 4.99. The minimum atomic E-state index is -0.738. The summed E-state index contributed by atoms with van der Waals surface area (Å²) < 4.78 is 0. The van der Waals surface area contributed by atoms with Gasteiger partial charge in [0.05, 0.1) is 11.5 Å². The largest absolute Gasteiger partial charge is 0.389 e. The van der Waals surface area contributed by atoms with Crippen molar-refractivity contribution in [2.75, 3.05) is 18.4 Å². The number of carbonyl (C=O) groups excluding carboxylic acids is 1. The van der Waals surface area contributed by atoms with E-state index in [2.05, 4.69) is 20.8 Å². The summed E-state index contributed by atoms with van der Waals surface area (Å²) in [5.41, 5.74) is -0.249. The lowest BCUT2D eigenvalue weighted by molar-refractivity contribution is -0.121. The van der Waals surface area contributed by atoms with Gasteiger partial charge in [-0.1, -0.05) is 43.9 Å². The smallest absolute Gasteiger partial charge is 0.272 e. The summed E-state index contributed by atoms with van der Waals surface area (Å²) in [5.74, 6) is 1.18. The van der Waals surface area contributed by atoms with Crippen LogP contribution in [0.25, 0.3) is 10.8 Å². The first-order valence-electron chi connectivity index (χ1n) is 9.29. The van der Waals surface area contributed by atoms with E-state index in [1.54, 1.807) is 18.2 Å². The van der Waals surface area contributed by atoms with Crippen LogP contribution in [0.3, 0.4) is 0 Å². The molecule has 3 rings (SSSR count). The van der Waals surface area contributed by atoms with Crippen LogP contribution < -0.4 is 16.2 Å². The van der Waals surface area contributed by atoms with Crippen molar-refractivity contribution in [3.63, 3.8) is 0 Å². The van der Waals surface area contributed by atoms with Crippen LogP contribution in [0.15, 0.2) is 29.1 Å². The van der Waals surface area contributed by atoms with Crippen molar-refractivity contribution in [3.05, 3.63) is 34.6 Å². The molecule has 1 aliphatic rings. The molecule has 4 N–H and O–H groups in total. The fourth-order valence-electron chi connectivity index (χ4n) is 3.49. The van der Waals surface area contributed by atoms with Crippen LogP contribution >= 0.6 is 0 Å². The van der Waals surface area contributed by atoms with Crippen LogP contribution in [0.2, 0.25) is 0 Å². The van der Waals surface area contributed by atoms with E-state index in [4.69, 9.17) is 0 Å². The summed E-state index contributed by atoms with van der Waals surface area (Å²) >= 11 is 0. The Bertz CT molecular complexity index is 799. The van der Waals surface area contributed by atoms with E-state index in [-0.39, 0.29) is 24.6 Å². The van der Waals surface area contributed by atoms with Crippen molar-refractivity contribution in [2.45, 2.75) is 44.6 Å². The Hall–Kier alpha value is -2.41. The summed E-state index contributed by atoms with van der Waals surface area (Å²) in [7, 11) is 0. The van der Waals surface area contributed by atoms with E-state index < -0.39 is 6.10 Å². The number of fused-ring (bicyclic) bond motifs is 1. The first-order chi connectivity index (χ1) is 12.6. The number of aromatic amines is 1. The standard InChI is InChI=1S/C19H26N4O3/c24-14(11-20-17(25)10-9-13-5-1-2-6-13)12-21-18-15-7-3-4-8-16(15)19(26)23-22-18/h3-4,7-8,13-14,24H,1-2,5-6,9-12H2,(H,20,25)(H,21,22)(H,23,26). The number of benzene rings is 1. The van der Waals surface area contributed by atoms with Crippen LogP contribution in [0, 0.1) is 5.92 Å². The molecule has 1 amide bonds. The fourth-order valence-corrected chi connectivity index (χ4v) is 3.49. The number of carbonyl (C=O) groups is 1. The lowest BCUT2D eigenvalue weighted by Gasteiger charge is -2.14. The van der Waals surface area contributed by atoms with Gasteiger partial charge in [0.2, 0.25) is 5.91 Å². The molecular formula is C19H26N4O3. The van der Waals surface area contributed by atoms with Crippen molar-refractivity contribution >= 4 is 22.5 Å². The molecule has 1 aliphatic carbocycles. The first-order valence-corrected chi connectivity index (χ1v) is 9.29. The second-order valence-corrected chi connectivity index (χ2v) is 6.97. The summed E-state index contributed by atoms with van der Waals surface area (Å²) in [5, 5.41) is 23.6. The van der Waals surface area contributed by atoms with Crippen molar-refractivity contribution in [1.82, 2.24) is 15.5 Å². The zero-order valence-electron chi connectivity index (χ0n) is 14.8. The van der Waals surface area contributed by atoms with E-state index in [0.29, 0.717) is 28.9 Å². The fraction of sp³-hybridized carbons (Fsp3) is 0.526. The van der Waals surface area contributed by atoms with Gasteiger partial charge in [-0.05, 0) is 18.4 Å². The van der Waals surface area contributed by atoms with Crippen molar-refractivity contribution in [3.8, 4) is 0 Å². The van der Waals surface area contributed by atoms with Crippen LogP contribution in [-0.2, 0) is 4.79 Å². The van der Waals surface area contributed by atoms with Gasteiger partial charge in [0.1, 0.15) is 0 Å². The molecule has 7 heteroatoms. The SMILES string of the molecule is O=C(CCC1CCCC1)NCC(O)CNc1n[nH]c(=O)c2ccccc12. The lowest BCUT2D eigenvalue weighted by Crippen LogP contribution is -2.36. The molecule has 1 atom stereocenters. The Morgan fingerprint density at radius 2 is 1.96 bits per heavy atom. The second kappa shape index (κ2) is 8.80. The highest BCUT2D eigenvalue weighted by molar-refractivity contribution is 5.90. The minimum Gasteiger partial charge on any atom is -0.389 e. The predicted octanol–water partition coefficient (Wildman–Crippen LogP) is 1.78. The molecule has 1 aromatic carbocycles. The van der Waals surface area contributed by atoms with Gasteiger partial charge < -0.3 is 15.7 Å². The Labute approximate surface area is 152 Å². The van der Waals surface area contributed by atoms with Crippen LogP contribution in [-0.4, -0.2) is 40.4 Å². The van der Waals surface area contributed by atoms with Gasteiger partial charge in [0.25, 0.3) is 5.56 Å². The normalized spacial score (nSPS) is 15.9. The maximum Gasteiger partial charge on any atom is 0.272 e. The van der Waals surface area contributed by atoms with Gasteiger partial charge in [0, 0.05) is 24.9 Å². The highest BCUT2D eigenvalue weighted by atomic mass is 16.3. The van der Waals surface area contributed by atoms with Crippen molar-refractivity contribution in [2.24, 2.45) is 5.92 Å². The number of amides is 1. The summed E-state index contributed by atoms with van der Waals surface area (Å²) in [4.78, 5) is 23.7. The summed E-state index contributed by atoms with van der Waals surface area (Å²) in [6, 6.07) is 7.14. The van der Waals surface area contributed by atoms with E-state index >= 15 is 0 Å². The van der Waals surface area contributed by atoms with Gasteiger partial charge in [0.15, 0.2) is 5.82 Å². The summed E-state index contributed by atoms with van der Waals surface area (Å²) in [6.07, 6.45) is 5.76. The van der Waals surface area contributed by atoms with E-state index in [1.165, 1.54) is 25.7 Å². The number of aliphatic hydroxyl groups excluding tert-OH is 1. The van der Waals surface area contributed by atoms with Crippen molar-refractivity contribution < 1.29 is 9.90 Å². The number of nitrogens with one attached hydrogen (secondary N) is 3. The second-order valence-electron chi connectivity index (χ2n) is 6.97. The molecule has 7 nitrogen and oxygen atoms in total. The zero-order valence-corrected chi connectivity index (χ0v) is 14.8. The number of aromatic nitrogens is 2. The molecule has 0 aliphatic heterocycles. The highest BCUT2D eigenvalue weighted by Gasteiger charge is 2.16. The zero-order chi connectivity index (χ0) is 18.4. The number of nitrogens with zero attached hydrogens (tertiary/aromatic N) is 1. The number of hydrogen-bond donors (Lipinski definition) is 4. The highest BCUT2D eigenvalue weighted by Crippen LogP contribution is 2.28. The Balaban J connectivity index is 1.44. The molecule has 26 heavy (non-hydrogen) atoms. The van der Waals surface area contributed by atoms with Gasteiger partial charge >= 0.3 is 0 Å². The Morgan fingerprint density at radius 3 is 2.73 bits per heavy atom. The number of hydrogen-bond acceptors (Lipinski definition) is 5. The molecule has 1 fully saturated rings. The molecule has 2 aromatic rings. The van der Waals surface area contributed by atoms with Crippen LogP contribution in [0.4, 0.5) is 5.82 Å². The van der Waals surface area contributed by atoms with E-state index in [9.17, 15) is 14.7 Å².